The molecule has 0 radical (unpaired) electrons. The van der Waals surface area contributed by atoms with Gasteiger partial charge in [0.1, 0.15) is 11.2 Å². The van der Waals surface area contributed by atoms with Crippen molar-refractivity contribution in [3.05, 3.63) is 42.0 Å². The van der Waals surface area contributed by atoms with Gasteiger partial charge in [-0.15, -0.1) is 0 Å². The van der Waals surface area contributed by atoms with Crippen LogP contribution >= 0.6 is 0 Å². The number of carbonyl (C=O) groups is 2. The summed E-state index contributed by atoms with van der Waals surface area (Å²) in [6, 6.07) is 10.6. The van der Waals surface area contributed by atoms with Gasteiger partial charge in [0.2, 0.25) is 0 Å². The Morgan fingerprint density at radius 1 is 1.17 bits per heavy atom. The molecule has 3 aliphatic rings. The first-order valence-electron chi connectivity index (χ1n) is 13.1. The summed E-state index contributed by atoms with van der Waals surface area (Å²) in [7, 11) is 3.65. The molecule has 35 heavy (non-hydrogen) atoms. The number of fused-ring (bicyclic) bond motifs is 2. The van der Waals surface area contributed by atoms with Crippen LogP contribution in [-0.4, -0.2) is 61.8 Å². The summed E-state index contributed by atoms with van der Waals surface area (Å²) in [5, 5.41) is 2.96. The number of benzene rings is 1. The minimum atomic E-state index is -0.814. The largest absolute Gasteiger partial charge is 0.458 e. The lowest BCUT2D eigenvalue weighted by molar-refractivity contribution is -0.176. The molecule has 6 heteroatoms. The molecule has 0 unspecified atom stereocenters. The lowest BCUT2D eigenvalue weighted by Gasteiger charge is -2.50. The van der Waals surface area contributed by atoms with Gasteiger partial charge in [-0.1, -0.05) is 50.3 Å². The van der Waals surface area contributed by atoms with Crippen molar-refractivity contribution in [2.24, 2.45) is 17.8 Å². The SMILES string of the molecule is COC(C)(C)C(=O)NCCCN(C)CC[C@]1(OC(=O)C(C)C)C[C@H]2CC[C@@H]1C=C2c1ccccc1. The van der Waals surface area contributed by atoms with Crippen molar-refractivity contribution in [2.75, 3.05) is 33.8 Å². The van der Waals surface area contributed by atoms with E-state index in [1.165, 1.54) is 11.1 Å². The number of carbonyl (C=O) groups excluding carboxylic acids is 2. The number of amides is 1. The predicted molar refractivity (Wildman–Crippen MR) is 140 cm³/mol. The van der Waals surface area contributed by atoms with Crippen molar-refractivity contribution in [3.8, 4) is 0 Å². The fourth-order valence-electron chi connectivity index (χ4n) is 5.25. The van der Waals surface area contributed by atoms with Crippen LogP contribution in [0.1, 0.15) is 65.4 Å². The highest BCUT2D eigenvalue weighted by Gasteiger charge is 2.50. The summed E-state index contributed by atoms with van der Waals surface area (Å²) in [6.45, 7) is 9.67. The maximum absolute atomic E-state index is 12.8. The van der Waals surface area contributed by atoms with Crippen molar-refractivity contribution >= 4 is 17.4 Å². The highest BCUT2D eigenvalue weighted by molar-refractivity contribution is 5.84. The summed E-state index contributed by atoms with van der Waals surface area (Å²) >= 11 is 0. The number of allylic oxidation sites excluding steroid dienone is 1. The zero-order valence-corrected chi connectivity index (χ0v) is 22.4. The van der Waals surface area contributed by atoms with Crippen LogP contribution in [0.5, 0.6) is 0 Å². The second-order valence-corrected chi connectivity index (χ2v) is 11.1. The predicted octanol–water partition coefficient (Wildman–Crippen LogP) is 4.69. The van der Waals surface area contributed by atoms with Crippen LogP contribution in [0, 0.1) is 17.8 Å². The van der Waals surface area contributed by atoms with Gasteiger partial charge in [-0.2, -0.15) is 0 Å². The standard InChI is InChI=1S/C29H44N2O4/c1-21(2)26(32)35-29(15-18-31(5)17-10-16-30-27(33)28(3,4)34-6)20-23-13-14-24(29)19-25(23)22-11-8-7-9-12-22/h7-9,11-12,19,21,23-24H,10,13-18,20H2,1-6H3,(H,30,33)/t23-,24-,29+/m1/s1. The normalized spacial score (nSPS) is 23.9. The maximum Gasteiger partial charge on any atom is 0.308 e. The molecule has 0 heterocycles. The van der Waals surface area contributed by atoms with Gasteiger partial charge in [0.25, 0.3) is 5.91 Å². The van der Waals surface area contributed by atoms with Gasteiger partial charge in [-0.05, 0) is 70.2 Å². The molecule has 194 valence electrons. The van der Waals surface area contributed by atoms with Crippen molar-refractivity contribution in [2.45, 2.75) is 71.0 Å². The molecule has 0 aliphatic heterocycles. The van der Waals surface area contributed by atoms with E-state index in [1.54, 1.807) is 21.0 Å². The Morgan fingerprint density at radius 2 is 1.89 bits per heavy atom. The monoisotopic (exact) mass is 484 g/mol. The lowest BCUT2D eigenvalue weighted by atomic mass is 9.60. The molecule has 2 bridgehead atoms. The quantitative estimate of drug-likeness (QED) is 0.344. The molecule has 3 atom stereocenters. The molecular formula is C29H44N2O4. The van der Waals surface area contributed by atoms with E-state index < -0.39 is 11.2 Å². The number of rotatable bonds is 12. The smallest absolute Gasteiger partial charge is 0.308 e. The van der Waals surface area contributed by atoms with E-state index in [-0.39, 0.29) is 23.7 Å². The van der Waals surface area contributed by atoms with Crippen LogP contribution in [0.25, 0.3) is 5.57 Å². The van der Waals surface area contributed by atoms with E-state index in [2.05, 4.69) is 53.7 Å². The molecule has 1 saturated carbocycles. The molecule has 3 aliphatic carbocycles. The van der Waals surface area contributed by atoms with Crippen molar-refractivity contribution in [3.63, 3.8) is 0 Å². The van der Waals surface area contributed by atoms with Gasteiger partial charge >= 0.3 is 5.97 Å². The highest BCUT2D eigenvalue weighted by Crippen LogP contribution is 2.53. The third-order valence-corrected chi connectivity index (χ3v) is 7.77. The first-order chi connectivity index (χ1) is 16.6. The Kier molecular flexibility index (Phi) is 9.16. The highest BCUT2D eigenvalue weighted by atomic mass is 16.6. The van der Waals surface area contributed by atoms with Crippen LogP contribution in [-0.2, 0) is 19.1 Å². The Morgan fingerprint density at radius 3 is 2.49 bits per heavy atom. The summed E-state index contributed by atoms with van der Waals surface area (Å²) in [5.74, 6) is 0.337. The van der Waals surface area contributed by atoms with E-state index in [0.29, 0.717) is 12.5 Å². The van der Waals surface area contributed by atoms with Crippen LogP contribution in [0.3, 0.4) is 0 Å². The third kappa shape index (κ3) is 6.73. The molecule has 1 aromatic carbocycles. The number of esters is 1. The first kappa shape index (κ1) is 27.4. The molecule has 4 rings (SSSR count). The Hall–Kier alpha value is -2.18. The summed E-state index contributed by atoms with van der Waals surface area (Å²) in [4.78, 5) is 27.2. The fourth-order valence-corrected chi connectivity index (χ4v) is 5.25. The Labute approximate surface area is 211 Å². The minimum absolute atomic E-state index is 0.0959. The summed E-state index contributed by atoms with van der Waals surface area (Å²) in [6.07, 6.45) is 7.19. The molecule has 1 aromatic rings. The molecule has 0 spiro atoms. The van der Waals surface area contributed by atoms with Crippen LogP contribution in [0.4, 0.5) is 0 Å². The first-order valence-corrected chi connectivity index (χ1v) is 13.1. The summed E-state index contributed by atoms with van der Waals surface area (Å²) < 4.78 is 11.6. The second-order valence-electron chi connectivity index (χ2n) is 11.1. The number of nitrogens with one attached hydrogen (secondary N) is 1. The fraction of sp³-hybridized carbons (Fsp3) is 0.655. The third-order valence-electron chi connectivity index (χ3n) is 7.77. The maximum atomic E-state index is 12.8. The Bertz CT molecular complexity index is 895. The van der Waals surface area contributed by atoms with E-state index >= 15 is 0 Å². The average molecular weight is 485 g/mol. The van der Waals surface area contributed by atoms with Gasteiger partial charge in [-0.25, -0.2) is 0 Å². The zero-order chi connectivity index (χ0) is 25.6. The lowest BCUT2D eigenvalue weighted by Crippen LogP contribution is -2.51. The second kappa shape index (κ2) is 11.7. The molecule has 0 saturated heterocycles. The molecule has 1 fully saturated rings. The van der Waals surface area contributed by atoms with Gasteiger partial charge < -0.3 is 19.7 Å². The van der Waals surface area contributed by atoms with Gasteiger partial charge in [0.15, 0.2) is 0 Å². The number of methoxy groups -OCH3 is 1. The van der Waals surface area contributed by atoms with E-state index in [9.17, 15) is 9.59 Å². The van der Waals surface area contributed by atoms with E-state index in [4.69, 9.17) is 9.47 Å². The molecule has 0 aromatic heterocycles. The van der Waals surface area contributed by atoms with Crippen LogP contribution < -0.4 is 5.32 Å². The summed E-state index contributed by atoms with van der Waals surface area (Å²) in [5.41, 5.74) is 1.46. The zero-order valence-electron chi connectivity index (χ0n) is 22.4. The van der Waals surface area contributed by atoms with E-state index in [1.807, 2.05) is 13.8 Å². The minimum Gasteiger partial charge on any atom is -0.458 e. The van der Waals surface area contributed by atoms with Crippen molar-refractivity contribution in [1.82, 2.24) is 10.2 Å². The van der Waals surface area contributed by atoms with Gasteiger partial charge in [0.05, 0.1) is 5.92 Å². The number of hydrogen-bond donors (Lipinski definition) is 1. The average Bonchev–Trinajstić information content (AvgIpc) is 2.86. The molecule has 1 amide bonds. The van der Waals surface area contributed by atoms with Crippen molar-refractivity contribution < 1.29 is 19.1 Å². The number of nitrogens with zero attached hydrogens (tertiary/aromatic N) is 1. The van der Waals surface area contributed by atoms with Crippen molar-refractivity contribution in [1.29, 1.82) is 0 Å². The van der Waals surface area contributed by atoms with Crippen LogP contribution in [0.15, 0.2) is 36.4 Å². The Balaban J connectivity index is 1.62. The molecular weight excluding hydrogens is 440 g/mol. The number of hydrogen-bond acceptors (Lipinski definition) is 5. The number of ether oxygens (including phenoxy) is 2. The molecule has 1 N–H and O–H groups in total. The van der Waals surface area contributed by atoms with Crippen LogP contribution in [0.2, 0.25) is 0 Å². The topological polar surface area (TPSA) is 67.9 Å². The van der Waals surface area contributed by atoms with Gasteiger partial charge in [-0.3, -0.25) is 9.59 Å². The van der Waals surface area contributed by atoms with Gasteiger partial charge in [0, 0.05) is 32.5 Å². The molecule has 6 nitrogen and oxygen atoms in total. The van der Waals surface area contributed by atoms with E-state index in [0.717, 1.165) is 45.2 Å².